The molecule has 4 heteroatoms. The number of benzene rings is 1. The van der Waals surface area contributed by atoms with Gasteiger partial charge in [-0.05, 0) is 24.9 Å². The van der Waals surface area contributed by atoms with Crippen LogP contribution >= 0.6 is 0 Å². The van der Waals surface area contributed by atoms with Gasteiger partial charge in [0.2, 0.25) is 0 Å². The fourth-order valence-electron chi connectivity index (χ4n) is 2.32. The number of nitrogens with two attached hydrogens (primary N) is 1. The topological polar surface area (TPSA) is 62.3 Å². The summed E-state index contributed by atoms with van der Waals surface area (Å²) in [5, 5.41) is 7.56. The van der Waals surface area contributed by atoms with Crippen LogP contribution < -0.4 is 5.73 Å². The molecule has 1 aliphatic heterocycles. The first-order valence-corrected chi connectivity index (χ1v) is 6.50. The second kappa shape index (κ2) is 6.52. The number of hydrogen-bond donors (Lipinski definition) is 2. The molecule has 0 aliphatic carbocycles. The van der Waals surface area contributed by atoms with Crippen molar-refractivity contribution in [3.63, 3.8) is 0 Å². The molecule has 1 saturated heterocycles. The summed E-state index contributed by atoms with van der Waals surface area (Å²) in [4.78, 5) is 2.43. The van der Waals surface area contributed by atoms with Crippen LogP contribution in [0.3, 0.4) is 0 Å². The first kappa shape index (κ1) is 13.1. The molecular formula is C14H21N3O. The minimum atomic E-state index is 0.164. The van der Waals surface area contributed by atoms with E-state index in [2.05, 4.69) is 11.0 Å². The van der Waals surface area contributed by atoms with Gasteiger partial charge in [0, 0.05) is 18.7 Å². The first-order chi connectivity index (χ1) is 8.77. The predicted molar refractivity (Wildman–Crippen MR) is 73.0 cm³/mol. The van der Waals surface area contributed by atoms with Gasteiger partial charge >= 0.3 is 0 Å². The van der Waals surface area contributed by atoms with Crippen LogP contribution in [-0.2, 0) is 11.2 Å². The number of amidine groups is 1. The molecule has 1 aromatic carbocycles. The average molecular weight is 247 g/mol. The van der Waals surface area contributed by atoms with Crippen LogP contribution in [0.1, 0.15) is 17.5 Å². The normalized spacial score (nSPS) is 16.7. The molecule has 0 atom stereocenters. The van der Waals surface area contributed by atoms with Crippen molar-refractivity contribution in [1.29, 1.82) is 5.41 Å². The van der Waals surface area contributed by atoms with Crippen molar-refractivity contribution in [3.8, 4) is 0 Å². The van der Waals surface area contributed by atoms with E-state index in [4.69, 9.17) is 15.9 Å². The summed E-state index contributed by atoms with van der Waals surface area (Å²) in [7, 11) is 0. The largest absolute Gasteiger partial charge is 0.384 e. The first-order valence-electron chi connectivity index (χ1n) is 6.50. The van der Waals surface area contributed by atoms with Gasteiger partial charge in [-0.25, -0.2) is 0 Å². The van der Waals surface area contributed by atoms with Crippen LogP contribution in [0.25, 0.3) is 0 Å². The summed E-state index contributed by atoms with van der Waals surface area (Å²) in [6.45, 7) is 4.87. The quantitative estimate of drug-likeness (QED) is 0.608. The number of aryl methyl sites for hydroxylation is 1. The zero-order valence-electron chi connectivity index (χ0n) is 10.7. The number of rotatable bonds is 5. The highest BCUT2D eigenvalue weighted by molar-refractivity contribution is 5.96. The number of nitrogen functional groups attached to an aromatic ring is 1. The highest BCUT2D eigenvalue weighted by atomic mass is 16.5. The maximum atomic E-state index is 7.56. The van der Waals surface area contributed by atoms with Gasteiger partial charge in [0.15, 0.2) is 0 Å². The molecule has 3 N–H and O–H groups in total. The summed E-state index contributed by atoms with van der Waals surface area (Å²) in [5.41, 5.74) is 7.64. The third-order valence-electron chi connectivity index (χ3n) is 3.33. The van der Waals surface area contributed by atoms with Gasteiger partial charge in [0.25, 0.3) is 0 Å². The van der Waals surface area contributed by atoms with E-state index in [0.717, 1.165) is 51.3 Å². The summed E-state index contributed by atoms with van der Waals surface area (Å²) in [6.07, 6.45) is 2.08. The van der Waals surface area contributed by atoms with Crippen LogP contribution in [-0.4, -0.2) is 43.6 Å². The van der Waals surface area contributed by atoms with E-state index in [9.17, 15) is 0 Å². The zero-order chi connectivity index (χ0) is 12.8. The molecule has 0 radical (unpaired) electrons. The summed E-state index contributed by atoms with van der Waals surface area (Å²) >= 11 is 0. The van der Waals surface area contributed by atoms with Crippen LogP contribution in [0.5, 0.6) is 0 Å². The van der Waals surface area contributed by atoms with E-state index < -0.39 is 0 Å². The van der Waals surface area contributed by atoms with Crippen LogP contribution in [0.2, 0.25) is 0 Å². The molecule has 18 heavy (non-hydrogen) atoms. The van der Waals surface area contributed by atoms with E-state index in [1.165, 1.54) is 5.56 Å². The summed E-state index contributed by atoms with van der Waals surface area (Å²) in [5.74, 6) is 0.164. The van der Waals surface area contributed by atoms with Gasteiger partial charge in [-0.2, -0.15) is 0 Å². The van der Waals surface area contributed by atoms with E-state index in [-0.39, 0.29) is 5.84 Å². The number of morpholine rings is 1. The Balaban J connectivity index is 1.84. The molecule has 1 fully saturated rings. The Kier molecular flexibility index (Phi) is 4.73. The standard InChI is InChI=1S/C14H21N3O/c15-14(16)13-6-2-1-4-12(13)5-3-7-17-8-10-18-11-9-17/h1-2,4,6H,3,5,7-11H2,(H3,15,16). The summed E-state index contributed by atoms with van der Waals surface area (Å²) < 4.78 is 5.33. The lowest BCUT2D eigenvalue weighted by Crippen LogP contribution is -2.37. The Labute approximate surface area is 108 Å². The molecule has 0 amide bonds. The molecule has 0 saturated carbocycles. The minimum Gasteiger partial charge on any atom is -0.384 e. The van der Waals surface area contributed by atoms with Crippen molar-refractivity contribution in [2.24, 2.45) is 5.73 Å². The van der Waals surface area contributed by atoms with E-state index in [0.29, 0.717) is 0 Å². The molecule has 0 spiro atoms. The van der Waals surface area contributed by atoms with Crippen molar-refractivity contribution in [2.45, 2.75) is 12.8 Å². The Morgan fingerprint density at radius 3 is 2.72 bits per heavy atom. The lowest BCUT2D eigenvalue weighted by Gasteiger charge is -2.26. The Bertz CT molecular complexity index is 400. The van der Waals surface area contributed by atoms with E-state index in [1.54, 1.807) is 0 Å². The van der Waals surface area contributed by atoms with Crippen molar-refractivity contribution in [1.82, 2.24) is 4.90 Å². The monoisotopic (exact) mass is 247 g/mol. The van der Waals surface area contributed by atoms with Crippen LogP contribution in [0.4, 0.5) is 0 Å². The number of ether oxygens (including phenoxy) is 1. The molecule has 98 valence electrons. The molecule has 0 aromatic heterocycles. The Morgan fingerprint density at radius 1 is 1.28 bits per heavy atom. The number of nitrogens with one attached hydrogen (secondary N) is 1. The fraction of sp³-hybridized carbons (Fsp3) is 0.500. The van der Waals surface area contributed by atoms with Crippen LogP contribution in [0, 0.1) is 5.41 Å². The second-order valence-corrected chi connectivity index (χ2v) is 4.63. The molecule has 0 bridgehead atoms. The fourth-order valence-corrected chi connectivity index (χ4v) is 2.32. The van der Waals surface area contributed by atoms with Crippen molar-refractivity contribution >= 4 is 5.84 Å². The van der Waals surface area contributed by atoms with Gasteiger partial charge in [-0.1, -0.05) is 24.3 Å². The molecule has 1 heterocycles. The smallest absolute Gasteiger partial charge is 0.123 e. The lowest BCUT2D eigenvalue weighted by molar-refractivity contribution is 0.0374. The molecule has 2 rings (SSSR count). The molecule has 4 nitrogen and oxygen atoms in total. The highest BCUT2D eigenvalue weighted by Crippen LogP contribution is 2.11. The molecule has 0 unspecified atom stereocenters. The van der Waals surface area contributed by atoms with Crippen molar-refractivity contribution in [2.75, 3.05) is 32.8 Å². The van der Waals surface area contributed by atoms with Gasteiger partial charge in [-0.15, -0.1) is 0 Å². The van der Waals surface area contributed by atoms with E-state index >= 15 is 0 Å². The maximum Gasteiger partial charge on any atom is 0.123 e. The molecule has 1 aromatic rings. The Hall–Kier alpha value is -1.39. The van der Waals surface area contributed by atoms with Crippen LogP contribution in [0.15, 0.2) is 24.3 Å². The second-order valence-electron chi connectivity index (χ2n) is 4.63. The zero-order valence-corrected chi connectivity index (χ0v) is 10.7. The van der Waals surface area contributed by atoms with Gasteiger partial charge in [0.05, 0.1) is 13.2 Å². The third kappa shape index (κ3) is 3.55. The highest BCUT2D eigenvalue weighted by Gasteiger charge is 2.10. The maximum absolute atomic E-state index is 7.56. The molecule has 1 aliphatic rings. The van der Waals surface area contributed by atoms with Gasteiger partial charge in [0.1, 0.15) is 5.84 Å². The number of hydrogen-bond acceptors (Lipinski definition) is 3. The third-order valence-corrected chi connectivity index (χ3v) is 3.33. The lowest BCUT2D eigenvalue weighted by atomic mass is 10.0. The number of nitrogens with zero attached hydrogens (tertiary/aromatic N) is 1. The SMILES string of the molecule is N=C(N)c1ccccc1CCCN1CCOCC1. The van der Waals surface area contributed by atoms with Crippen molar-refractivity contribution < 1.29 is 4.74 Å². The summed E-state index contributed by atoms with van der Waals surface area (Å²) in [6, 6.07) is 7.93. The van der Waals surface area contributed by atoms with Crippen molar-refractivity contribution in [3.05, 3.63) is 35.4 Å². The van der Waals surface area contributed by atoms with Gasteiger partial charge < -0.3 is 10.5 Å². The van der Waals surface area contributed by atoms with E-state index in [1.807, 2.05) is 18.2 Å². The predicted octanol–water partition coefficient (Wildman–Crippen LogP) is 1.24. The molecular weight excluding hydrogens is 226 g/mol. The minimum absolute atomic E-state index is 0.164. The Morgan fingerprint density at radius 2 is 2.00 bits per heavy atom. The van der Waals surface area contributed by atoms with Gasteiger partial charge in [-0.3, -0.25) is 10.3 Å². The average Bonchev–Trinajstić information content (AvgIpc) is 2.40.